The van der Waals surface area contributed by atoms with Crippen molar-refractivity contribution < 1.29 is 9.15 Å². The van der Waals surface area contributed by atoms with E-state index in [2.05, 4.69) is 15.2 Å². The van der Waals surface area contributed by atoms with E-state index in [-0.39, 0.29) is 18.2 Å². The SMILES string of the molecule is CC(C)Oc1ccc(N2C(=S)N[C@@H](c3ccccn3)[C@H]2c2ccc(-c3ccc(Cl)cc3)o2)cc1. The van der Waals surface area contributed by atoms with E-state index in [1.807, 2.05) is 92.7 Å². The summed E-state index contributed by atoms with van der Waals surface area (Å²) in [6.45, 7) is 4.02. The third kappa shape index (κ3) is 4.52. The smallest absolute Gasteiger partial charge is 0.174 e. The van der Waals surface area contributed by atoms with Crippen molar-refractivity contribution in [1.29, 1.82) is 0 Å². The summed E-state index contributed by atoms with van der Waals surface area (Å²) in [5.41, 5.74) is 2.79. The highest BCUT2D eigenvalue weighted by Crippen LogP contribution is 2.43. The van der Waals surface area contributed by atoms with Gasteiger partial charge in [0.15, 0.2) is 5.11 Å². The zero-order valence-corrected chi connectivity index (χ0v) is 20.4. The fourth-order valence-corrected chi connectivity index (χ4v) is 4.63. The molecule has 3 heterocycles. The first-order valence-corrected chi connectivity index (χ1v) is 11.9. The number of aromatic nitrogens is 1. The van der Waals surface area contributed by atoms with Gasteiger partial charge in [-0.15, -0.1) is 0 Å². The number of halogens is 1. The summed E-state index contributed by atoms with van der Waals surface area (Å²) < 4.78 is 12.2. The van der Waals surface area contributed by atoms with E-state index >= 15 is 0 Å². The van der Waals surface area contributed by atoms with E-state index in [1.54, 1.807) is 6.20 Å². The number of pyridine rings is 1. The lowest BCUT2D eigenvalue weighted by Crippen LogP contribution is -2.29. The van der Waals surface area contributed by atoms with Crippen LogP contribution < -0.4 is 15.0 Å². The Bertz CT molecular complexity index is 1270. The van der Waals surface area contributed by atoms with Gasteiger partial charge in [0.1, 0.15) is 23.3 Å². The summed E-state index contributed by atoms with van der Waals surface area (Å²) in [5.74, 6) is 2.37. The molecular formula is C27H24ClN3O2S. The Kier molecular flexibility index (Phi) is 6.26. The molecule has 1 saturated heterocycles. The fourth-order valence-electron chi connectivity index (χ4n) is 4.16. The molecule has 2 aromatic carbocycles. The molecule has 4 aromatic rings. The van der Waals surface area contributed by atoms with Crippen LogP contribution in [0, 0.1) is 0 Å². The quantitative estimate of drug-likeness (QED) is 0.295. The Labute approximate surface area is 209 Å². The largest absolute Gasteiger partial charge is 0.491 e. The Hall–Kier alpha value is -3.35. The summed E-state index contributed by atoms with van der Waals surface area (Å²) in [6.07, 6.45) is 1.90. The predicted molar refractivity (Wildman–Crippen MR) is 139 cm³/mol. The lowest BCUT2D eigenvalue weighted by atomic mass is 10.0. The number of hydrogen-bond donors (Lipinski definition) is 1. The van der Waals surface area contributed by atoms with E-state index in [4.69, 9.17) is 33.0 Å². The van der Waals surface area contributed by atoms with E-state index in [0.29, 0.717) is 10.1 Å². The molecule has 1 aliphatic heterocycles. The molecule has 0 aliphatic carbocycles. The molecule has 0 bridgehead atoms. The average Bonchev–Trinajstić information content (AvgIpc) is 3.45. The fraction of sp³-hybridized carbons (Fsp3) is 0.185. The minimum atomic E-state index is -0.222. The first-order valence-electron chi connectivity index (χ1n) is 11.1. The molecule has 0 saturated carbocycles. The van der Waals surface area contributed by atoms with E-state index in [9.17, 15) is 0 Å². The van der Waals surface area contributed by atoms with Crippen LogP contribution in [0.3, 0.4) is 0 Å². The van der Waals surface area contributed by atoms with Gasteiger partial charge in [0.25, 0.3) is 0 Å². The molecule has 0 unspecified atom stereocenters. The standard InChI is InChI=1S/C27H24ClN3O2S/c1-17(2)32-21-12-10-20(11-13-21)31-26(25(30-27(31)34)22-5-3-4-16-29-22)24-15-14-23(33-24)18-6-8-19(28)9-7-18/h3-17,25-26H,1-2H3,(H,30,34)/t25-,26+/m0/s1. The summed E-state index contributed by atoms with van der Waals surface area (Å²) in [5, 5.41) is 4.76. The molecule has 172 valence electrons. The van der Waals surface area contributed by atoms with Gasteiger partial charge in [-0.2, -0.15) is 0 Å². The summed E-state index contributed by atoms with van der Waals surface area (Å²) >= 11 is 11.9. The predicted octanol–water partition coefficient (Wildman–Crippen LogP) is 6.96. The maximum Gasteiger partial charge on any atom is 0.174 e. The van der Waals surface area contributed by atoms with Gasteiger partial charge in [0.05, 0.1) is 17.8 Å². The van der Waals surface area contributed by atoms with Crippen molar-refractivity contribution in [2.75, 3.05) is 4.90 Å². The normalized spacial score (nSPS) is 17.8. The summed E-state index contributed by atoms with van der Waals surface area (Å²) in [7, 11) is 0. The number of furan rings is 1. The van der Waals surface area contributed by atoms with Gasteiger partial charge in [0.2, 0.25) is 0 Å². The van der Waals surface area contributed by atoms with Gasteiger partial charge >= 0.3 is 0 Å². The molecule has 2 atom stereocenters. The van der Waals surface area contributed by atoms with Crippen LogP contribution in [0.1, 0.15) is 37.4 Å². The Morgan fingerprint density at radius 2 is 1.76 bits per heavy atom. The van der Waals surface area contributed by atoms with Gasteiger partial charge in [0, 0.05) is 22.5 Å². The molecular weight excluding hydrogens is 466 g/mol. The second kappa shape index (κ2) is 9.49. The highest BCUT2D eigenvalue weighted by molar-refractivity contribution is 7.80. The van der Waals surface area contributed by atoms with Crippen LogP contribution >= 0.6 is 23.8 Å². The topological polar surface area (TPSA) is 50.5 Å². The second-order valence-electron chi connectivity index (χ2n) is 8.37. The number of nitrogens with one attached hydrogen (secondary N) is 1. The Morgan fingerprint density at radius 3 is 2.44 bits per heavy atom. The minimum Gasteiger partial charge on any atom is -0.491 e. The van der Waals surface area contributed by atoms with Gasteiger partial charge in [-0.25, -0.2) is 0 Å². The van der Waals surface area contributed by atoms with Crippen LogP contribution in [-0.4, -0.2) is 16.2 Å². The number of nitrogens with zero attached hydrogens (tertiary/aromatic N) is 2. The third-order valence-electron chi connectivity index (χ3n) is 5.63. The molecule has 0 spiro atoms. The molecule has 2 aromatic heterocycles. The Morgan fingerprint density at radius 1 is 1.00 bits per heavy atom. The molecule has 7 heteroatoms. The van der Waals surface area contributed by atoms with E-state index in [0.717, 1.165) is 34.2 Å². The number of anilines is 1. The van der Waals surface area contributed by atoms with Crippen molar-refractivity contribution in [1.82, 2.24) is 10.3 Å². The number of hydrogen-bond acceptors (Lipinski definition) is 4. The van der Waals surface area contributed by atoms with Crippen LogP contribution in [0.25, 0.3) is 11.3 Å². The van der Waals surface area contributed by atoms with Gasteiger partial charge in [-0.1, -0.05) is 17.7 Å². The third-order valence-corrected chi connectivity index (χ3v) is 6.20. The van der Waals surface area contributed by atoms with Crippen molar-refractivity contribution in [3.05, 3.63) is 102 Å². The molecule has 1 fully saturated rings. The first kappa shape index (κ1) is 22.4. The molecule has 5 rings (SSSR count). The van der Waals surface area contributed by atoms with Gasteiger partial charge in [-0.3, -0.25) is 4.98 Å². The molecule has 34 heavy (non-hydrogen) atoms. The summed E-state index contributed by atoms with van der Waals surface area (Å²) in [4.78, 5) is 6.68. The van der Waals surface area contributed by atoms with Crippen LogP contribution in [-0.2, 0) is 0 Å². The molecule has 5 nitrogen and oxygen atoms in total. The van der Waals surface area contributed by atoms with Crippen molar-refractivity contribution in [3.63, 3.8) is 0 Å². The van der Waals surface area contributed by atoms with Crippen molar-refractivity contribution in [3.8, 4) is 17.1 Å². The zero-order valence-electron chi connectivity index (χ0n) is 18.8. The van der Waals surface area contributed by atoms with Crippen LogP contribution in [0.15, 0.2) is 89.5 Å². The van der Waals surface area contributed by atoms with Gasteiger partial charge < -0.3 is 19.4 Å². The average molecular weight is 490 g/mol. The molecule has 1 aliphatic rings. The van der Waals surface area contributed by atoms with Crippen molar-refractivity contribution >= 4 is 34.6 Å². The summed E-state index contributed by atoms with van der Waals surface area (Å²) in [6, 6.07) is 25.0. The minimum absolute atomic E-state index is 0.107. The molecule has 0 radical (unpaired) electrons. The highest BCUT2D eigenvalue weighted by Gasteiger charge is 2.42. The van der Waals surface area contributed by atoms with Crippen LogP contribution in [0.5, 0.6) is 5.75 Å². The number of benzene rings is 2. The maximum absolute atomic E-state index is 6.38. The first-order chi connectivity index (χ1) is 16.5. The number of ether oxygens (including phenoxy) is 1. The lowest BCUT2D eigenvalue weighted by molar-refractivity contribution is 0.242. The van der Waals surface area contributed by atoms with E-state index < -0.39 is 0 Å². The zero-order chi connectivity index (χ0) is 23.7. The van der Waals surface area contributed by atoms with Crippen molar-refractivity contribution in [2.24, 2.45) is 0 Å². The monoisotopic (exact) mass is 489 g/mol. The molecule has 0 amide bonds. The van der Waals surface area contributed by atoms with Gasteiger partial charge in [-0.05, 0) is 98.9 Å². The van der Waals surface area contributed by atoms with Crippen LogP contribution in [0.2, 0.25) is 5.02 Å². The Balaban J connectivity index is 1.54. The molecule has 1 N–H and O–H groups in total. The lowest BCUT2D eigenvalue weighted by Gasteiger charge is -2.26. The number of rotatable bonds is 6. The number of thiocarbonyl (C=S) groups is 1. The van der Waals surface area contributed by atoms with Crippen molar-refractivity contribution in [2.45, 2.75) is 32.0 Å². The van der Waals surface area contributed by atoms with Crippen LogP contribution in [0.4, 0.5) is 5.69 Å². The van der Waals surface area contributed by atoms with E-state index in [1.165, 1.54) is 0 Å². The second-order valence-corrected chi connectivity index (χ2v) is 9.19. The maximum atomic E-state index is 6.38. The highest BCUT2D eigenvalue weighted by atomic mass is 35.5.